The molecule has 5 nitrogen and oxygen atoms in total. The van der Waals surface area contributed by atoms with Gasteiger partial charge in [-0.25, -0.2) is 0 Å². The predicted molar refractivity (Wildman–Crippen MR) is 87.7 cm³/mol. The molecule has 1 aromatic rings. The number of nitrogens with zero attached hydrogens (tertiary/aromatic N) is 1. The molecule has 1 amide bonds. The van der Waals surface area contributed by atoms with Gasteiger partial charge in [0.05, 0.1) is 5.02 Å². The van der Waals surface area contributed by atoms with Crippen LogP contribution in [0.2, 0.25) is 5.02 Å². The van der Waals surface area contributed by atoms with E-state index in [0.29, 0.717) is 30.3 Å². The number of amides is 1. The van der Waals surface area contributed by atoms with Crippen LogP contribution in [0.15, 0.2) is 24.3 Å². The Morgan fingerprint density at radius 2 is 2.17 bits per heavy atom. The smallest absolute Gasteiger partial charge is 0.303 e. The molecular formula is C17H22ClNO4. The maximum atomic E-state index is 12.5. The quantitative estimate of drug-likeness (QED) is 0.864. The zero-order chi connectivity index (χ0) is 16.8. The van der Waals surface area contributed by atoms with Crippen molar-refractivity contribution in [1.29, 1.82) is 0 Å². The maximum Gasteiger partial charge on any atom is 0.303 e. The van der Waals surface area contributed by atoms with Crippen LogP contribution in [0.1, 0.15) is 32.6 Å². The molecular weight excluding hydrogens is 318 g/mol. The number of benzene rings is 1. The first-order valence-corrected chi connectivity index (χ1v) is 8.27. The number of hydrogen-bond donors (Lipinski definition) is 1. The fourth-order valence-electron chi connectivity index (χ4n) is 2.87. The number of aliphatic carboxylic acids is 1. The number of halogens is 1. The molecule has 2 rings (SSSR count). The highest BCUT2D eigenvalue weighted by molar-refractivity contribution is 6.32. The highest BCUT2D eigenvalue weighted by atomic mass is 35.5. The number of para-hydroxylation sites is 1. The fourth-order valence-corrected chi connectivity index (χ4v) is 3.05. The third-order valence-corrected chi connectivity index (χ3v) is 4.40. The molecule has 0 radical (unpaired) electrons. The molecule has 1 N–H and O–H groups in total. The number of piperidine rings is 1. The molecule has 0 spiro atoms. The summed E-state index contributed by atoms with van der Waals surface area (Å²) in [6.07, 6.45) is 2.01. The summed E-state index contributed by atoms with van der Waals surface area (Å²) in [5.74, 6) is -0.125. The Balaban J connectivity index is 1.91. The van der Waals surface area contributed by atoms with Crippen LogP contribution in [-0.4, -0.2) is 41.1 Å². The molecule has 6 heteroatoms. The van der Waals surface area contributed by atoms with Gasteiger partial charge in [-0.05, 0) is 44.2 Å². The molecule has 1 heterocycles. The summed E-state index contributed by atoms with van der Waals surface area (Å²) in [7, 11) is 0. The van der Waals surface area contributed by atoms with Crippen molar-refractivity contribution >= 4 is 23.5 Å². The third-order valence-electron chi connectivity index (χ3n) is 4.09. The van der Waals surface area contributed by atoms with Crippen molar-refractivity contribution in [3.8, 4) is 5.75 Å². The Hall–Kier alpha value is -1.75. The molecule has 0 aliphatic carbocycles. The lowest BCUT2D eigenvalue weighted by Gasteiger charge is -2.34. The molecule has 1 fully saturated rings. The molecule has 1 saturated heterocycles. The van der Waals surface area contributed by atoms with Crippen molar-refractivity contribution < 1.29 is 19.4 Å². The van der Waals surface area contributed by atoms with Gasteiger partial charge in [0.2, 0.25) is 0 Å². The van der Waals surface area contributed by atoms with Gasteiger partial charge >= 0.3 is 5.97 Å². The molecule has 0 saturated carbocycles. The van der Waals surface area contributed by atoms with E-state index in [4.69, 9.17) is 21.4 Å². The van der Waals surface area contributed by atoms with Crippen LogP contribution in [0.4, 0.5) is 0 Å². The average molecular weight is 340 g/mol. The summed E-state index contributed by atoms with van der Waals surface area (Å²) in [4.78, 5) is 25.0. The van der Waals surface area contributed by atoms with E-state index in [1.807, 2.05) is 0 Å². The van der Waals surface area contributed by atoms with E-state index in [0.717, 1.165) is 12.8 Å². The van der Waals surface area contributed by atoms with Crippen LogP contribution in [0.3, 0.4) is 0 Å². The molecule has 1 aliphatic rings. The molecule has 23 heavy (non-hydrogen) atoms. The summed E-state index contributed by atoms with van der Waals surface area (Å²) in [5, 5.41) is 9.26. The van der Waals surface area contributed by atoms with E-state index in [2.05, 4.69) is 0 Å². The summed E-state index contributed by atoms with van der Waals surface area (Å²) in [6, 6.07) is 7.06. The molecule has 0 aromatic heterocycles. The summed E-state index contributed by atoms with van der Waals surface area (Å²) in [6.45, 7) is 3.01. The SMILES string of the molecule is C[C@H](Oc1ccccc1Cl)C(=O)N1CCC[C@H](CCC(=O)O)C1. The van der Waals surface area contributed by atoms with Crippen LogP contribution in [0, 0.1) is 5.92 Å². The number of ether oxygens (including phenoxy) is 1. The first-order chi connectivity index (χ1) is 11.0. The van der Waals surface area contributed by atoms with Crippen LogP contribution < -0.4 is 4.74 Å². The normalized spacial score (nSPS) is 19.2. The summed E-state index contributed by atoms with van der Waals surface area (Å²) >= 11 is 6.05. The van der Waals surface area contributed by atoms with Gasteiger partial charge in [-0.3, -0.25) is 9.59 Å². The topological polar surface area (TPSA) is 66.8 Å². The predicted octanol–water partition coefficient (Wildman–Crippen LogP) is 3.21. The lowest BCUT2D eigenvalue weighted by molar-refractivity contribution is -0.140. The fraction of sp³-hybridized carbons (Fsp3) is 0.529. The van der Waals surface area contributed by atoms with E-state index in [1.165, 1.54) is 0 Å². The first-order valence-electron chi connectivity index (χ1n) is 7.89. The maximum absolute atomic E-state index is 12.5. The number of likely N-dealkylation sites (tertiary alicyclic amines) is 1. The second kappa shape index (κ2) is 8.20. The largest absolute Gasteiger partial charge is 0.481 e. The van der Waals surface area contributed by atoms with E-state index in [9.17, 15) is 9.59 Å². The standard InChI is InChI=1S/C17H22ClNO4/c1-12(23-15-7-3-2-6-14(15)18)17(22)19-10-4-5-13(11-19)8-9-16(20)21/h2-3,6-7,12-13H,4-5,8-11H2,1H3,(H,20,21)/t12-,13+/m0/s1. The monoisotopic (exact) mass is 339 g/mol. The third kappa shape index (κ3) is 5.13. The van der Waals surface area contributed by atoms with Gasteiger partial charge in [0.1, 0.15) is 5.75 Å². The van der Waals surface area contributed by atoms with Crippen molar-refractivity contribution in [2.75, 3.05) is 13.1 Å². The lowest BCUT2D eigenvalue weighted by Crippen LogP contribution is -2.45. The van der Waals surface area contributed by atoms with Crippen molar-refractivity contribution in [2.45, 2.75) is 38.7 Å². The van der Waals surface area contributed by atoms with Crippen LogP contribution >= 0.6 is 11.6 Å². The number of carbonyl (C=O) groups excluding carboxylic acids is 1. The highest BCUT2D eigenvalue weighted by Gasteiger charge is 2.28. The number of rotatable bonds is 6. The van der Waals surface area contributed by atoms with Crippen LogP contribution in [-0.2, 0) is 9.59 Å². The highest BCUT2D eigenvalue weighted by Crippen LogP contribution is 2.26. The van der Waals surface area contributed by atoms with E-state index in [1.54, 1.807) is 36.1 Å². The Morgan fingerprint density at radius 3 is 2.87 bits per heavy atom. The van der Waals surface area contributed by atoms with Crippen LogP contribution in [0.25, 0.3) is 0 Å². The second-order valence-corrected chi connectivity index (χ2v) is 6.32. The first kappa shape index (κ1) is 17.6. The van der Waals surface area contributed by atoms with Gasteiger partial charge in [0.15, 0.2) is 6.10 Å². The van der Waals surface area contributed by atoms with Crippen LogP contribution in [0.5, 0.6) is 5.75 Å². The number of carboxylic acids is 1. The molecule has 1 aliphatic heterocycles. The minimum absolute atomic E-state index is 0.0788. The Kier molecular flexibility index (Phi) is 6.28. The number of hydrogen-bond acceptors (Lipinski definition) is 3. The molecule has 1 aromatic carbocycles. The van der Waals surface area contributed by atoms with Gasteiger partial charge in [0.25, 0.3) is 5.91 Å². The Labute approximate surface area is 141 Å². The van der Waals surface area contributed by atoms with E-state index in [-0.39, 0.29) is 18.2 Å². The number of carboxylic acid groups (broad SMARTS) is 1. The minimum Gasteiger partial charge on any atom is -0.481 e. The van der Waals surface area contributed by atoms with Gasteiger partial charge < -0.3 is 14.7 Å². The Morgan fingerprint density at radius 1 is 1.43 bits per heavy atom. The molecule has 0 unspecified atom stereocenters. The van der Waals surface area contributed by atoms with Crippen molar-refractivity contribution in [1.82, 2.24) is 4.90 Å². The zero-order valence-corrected chi connectivity index (χ0v) is 14.0. The second-order valence-electron chi connectivity index (χ2n) is 5.92. The zero-order valence-electron chi connectivity index (χ0n) is 13.2. The van der Waals surface area contributed by atoms with E-state index < -0.39 is 12.1 Å². The molecule has 2 atom stereocenters. The minimum atomic E-state index is -0.788. The Bertz CT molecular complexity index is 563. The summed E-state index contributed by atoms with van der Waals surface area (Å²) < 4.78 is 5.68. The molecule has 0 bridgehead atoms. The van der Waals surface area contributed by atoms with Crippen molar-refractivity contribution in [3.63, 3.8) is 0 Å². The number of carbonyl (C=O) groups is 2. The van der Waals surface area contributed by atoms with Gasteiger partial charge in [-0.2, -0.15) is 0 Å². The van der Waals surface area contributed by atoms with Gasteiger partial charge in [-0.15, -0.1) is 0 Å². The van der Waals surface area contributed by atoms with E-state index >= 15 is 0 Å². The van der Waals surface area contributed by atoms with Gasteiger partial charge in [-0.1, -0.05) is 23.7 Å². The van der Waals surface area contributed by atoms with Crippen molar-refractivity contribution in [2.24, 2.45) is 5.92 Å². The summed E-state index contributed by atoms with van der Waals surface area (Å²) in [5.41, 5.74) is 0. The van der Waals surface area contributed by atoms with Gasteiger partial charge in [0, 0.05) is 19.5 Å². The van der Waals surface area contributed by atoms with Crippen molar-refractivity contribution in [3.05, 3.63) is 29.3 Å². The average Bonchev–Trinajstić information content (AvgIpc) is 2.54. The molecule has 126 valence electrons. The lowest BCUT2D eigenvalue weighted by atomic mass is 9.93.